The van der Waals surface area contributed by atoms with Crippen molar-refractivity contribution < 1.29 is 4.79 Å². The van der Waals surface area contributed by atoms with Crippen LogP contribution in [0.3, 0.4) is 0 Å². The fraction of sp³-hybridized carbons (Fsp3) is 0.381. The molecule has 1 aliphatic carbocycles. The van der Waals surface area contributed by atoms with Crippen molar-refractivity contribution in [3.05, 3.63) is 53.6 Å². The van der Waals surface area contributed by atoms with Gasteiger partial charge in [-0.05, 0) is 60.9 Å². The number of carbonyl (C=O) groups is 1. The fourth-order valence-corrected chi connectivity index (χ4v) is 4.41. The molecule has 3 aliphatic rings. The van der Waals surface area contributed by atoms with Crippen LogP contribution in [0.15, 0.2) is 42.5 Å². The summed E-state index contributed by atoms with van der Waals surface area (Å²) in [7, 11) is 1.84. The van der Waals surface area contributed by atoms with E-state index in [9.17, 15) is 4.79 Å². The lowest BCUT2D eigenvalue weighted by Gasteiger charge is -2.57. The van der Waals surface area contributed by atoms with Gasteiger partial charge in [-0.3, -0.25) is 4.79 Å². The van der Waals surface area contributed by atoms with Crippen molar-refractivity contribution >= 4 is 23.0 Å². The van der Waals surface area contributed by atoms with Gasteiger partial charge in [0.25, 0.3) is 5.91 Å². The molecule has 0 aromatic heterocycles. The molecule has 0 unspecified atom stereocenters. The second kappa shape index (κ2) is 5.25. The molecule has 2 aromatic carbocycles. The third-order valence-corrected chi connectivity index (χ3v) is 6.08. The van der Waals surface area contributed by atoms with Gasteiger partial charge in [-0.15, -0.1) is 0 Å². The first kappa shape index (κ1) is 14.8. The maximum atomic E-state index is 12.0. The number of rotatable bonds is 3. The Hall–Kier alpha value is -2.49. The Bertz CT molecular complexity index is 831. The van der Waals surface area contributed by atoms with Gasteiger partial charge < -0.3 is 15.1 Å². The topological polar surface area (TPSA) is 35.6 Å². The molecule has 0 radical (unpaired) electrons. The van der Waals surface area contributed by atoms with E-state index in [1.165, 1.54) is 38.0 Å². The van der Waals surface area contributed by atoms with Crippen LogP contribution in [0.5, 0.6) is 0 Å². The zero-order valence-corrected chi connectivity index (χ0v) is 14.6. The summed E-state index contributed by atoms with van der Waals surface area (Å²) < 4.78 is 0. The zero-order valence-electron chi connectivity index (χ0n) is 14.6. The highest BCUT2D eigenvalue weighted by molar-refractivity contribution is 5.98. The number of carbonyl (C=O) groups excluding carboxylic acids is 1. The van der Waals surface area contributed by atoms with Crippen molar-refractivity contribution in [3.8, 4) is 0 Å². The van der Waals surface area contributed by atoms with Crippen LogP contribution < -0.4 is 10.2 Å². The van der Waals surface area contributed by atoms with E-state index in [1.54, 1.807) is 4.90 Å². The number of benzene rings is 2. The molecule has 1 spiro atoms. The molecule has 0 atom stereocenters. The van der Waals surface area contributed by atoms with Gasteiger partial charge in [-0.25, -0.2) is 0 Å². The van der Waals surface area contributed by atoms with E-state index in [-0.39, 0.29) is 5.91 Å². The number of nitrogens with one attached hydrogen (secondary N) is 1. The molecule has 1 saturated carbocycles. The van der Waals surface area contributed by atoms with Gasteiger partial charge in [0.2, 0.25) is 0 Å². The lowest BCUT2D eigenvalue weighted by molar-refractivity contribution is 0.0816. The van der Waals surface area contributed by atoms with E-state index in [2.05, 4.69) is 40.5 Å². The summed E-state index contributed by atoms with van der Waals surface area (Å²) in [6.45, 7) is 3.15. The molecular weight excluding hydrogens is 310 g/mol. The first-order chi connectivity index (χ1) is 12.1. The minimum Gasteiger partial charge on any atom is -0.370 e. The zero-order chi connectivity index (χ0) is 17.0. The number of hydrogen-bond donors (Lipinski definition) is 1. The maximum Gasteiger partial charge on any atom is 0.254 e. The summed E-state index contributed by atoms with van der Waals surface area (Å²) >= 11 is 0. The molecule has 5 rings (SSSR count). The molecule has 128 valence electrons. The molecule has 1 N–H and O–H groups in total. The molecule has 25 heavy (non-hydrogen) atoms. The molecule has 2 aliphatic heterocycles. The van der Waals surface area contributed by atoms with Crippen molar-refractivity contribution in [1.29, 1.82) is 0 Å². The molecule has 0 bridgehead atoms. The SMILES string of the molecule is CN1Cc2cc(Nc3ccc(N4CC5(CCC5)C4)cc3)ccc2C1=O. The quantitative estimate of drug-likeness (QED) is 0.922. The van der Waals surface area contributed by atoms with Crippen LogP contribution in [0, 0.1) is 5.41 Å². The van der Waals surface area contributed by atoms with E-state index >= 15 is 0 Å². The number of hydrogen-bond acceptors (Lipinski definition) is 3. The summed E-state index contributed by atoms with van der Waals surface area (Å²) in [5.74, 6) is 0.115. The molecular formula is C21H23N3O. The third kappa shape index (κ3) is 2.39. The Kier molecular flexibility index (Phi) is 3.11. The largest absolute Gasteiger partial charge is 0.370 e. The summed E-state index contributed by atoms with van der Waals surface area (Å²) in [6, 6.07) is 14.7. The van der Waals surface area contributed by atoms with Crippen LogP contribution in [-0.4, -0.2) is 30.9 Å². The minimum absolute atomic E-state index is 0.115. The van der Waals surface area contributed by atoms with Gasteiger partial charge in [0, 0.05) is 54.7 Å². The van der Waals surface area contributed by atoms with Crippen molar-refractivity contribution in [2.75, 3.05) is 30.4 Å². The predicted octanol–water partition coefficient (Wildman–Crippen LogP) is 4.01. The average molecular weight is 333 g/mol. The number of nitrogens with zero attached hydrogens (tertiary/aromatic N) is 2. The van der Waals surface area contributed by atoms with E-state index < -0.39 is 0 Å². The monoisotopic (exact) mass is 333 g/mol. The van der Waals surface area contributed by atoms with Gasteiger partial charge in [0.1, 0.15) is 0 Å². The normalized spacial score (nSPS) is 20.3. The Labute approximate surface area is 148 Å². The summed E-state index contributed by atoms with van der Waals surface area (Å²) in [6.07, 6.45) is 4.25. The Balaban J connectivity index is 1.27. The van der Waals surface area contributed by atoms with Crippen LogP contribution in [0.2, 0.25) is 0 Å². The van der Waals surface area contributed by atoms with Crippen molar-refractivity contribution in [3.63, 3.8) is 0 Å². The first-order valence-electron chi connectivity index (χ1n) is 9.12. The predicted molar refractivity (Wildman–Crippen MR) is 100 cm³/mol. The molecule has 1 amide bonds. The molecule has 2 heterocycles. The van der Waals surface area contributed by atoms with Crippen LogP contribution in [0.1, 0.15) is 35.2 Å². The number of fused-ring (bicyclic) bond motifs is 1. The van der Waals surface area contributed by atoms with Gasteiger partial charge in [0.15, 0.2) is 0 Å². The van der Waals surface area contributed by atoms with Crippen LogP contribution in [0.4, 0.5) is 17.1 Å². The van der Waals surface area contributed by atoms with E-state index in [0.717, 1.165) is 22.5 Å². The first-order valence-corrected chi connectivity index (χ1v) is 9.12. The highest BCUT2D eigenvalue weighted by Gasteiger charge is 2.47. The lowest BCUT2D eigenvalue weighted by Crippen LogP contribution is -2.59. The third-order valence-electron chi connectivity index (χ3n) is 6.08. The standard InChI is InChI=1S/C21H23N3O/c1-23-12-15-11-17(5-8-19(15)20(23)25)22-16-3-6-18(7-4-16)24-13-21(14-24)9-2-10-21/h3-8,11,22H,2,9-10,12-14H2,1H3. The summed E-state index contributed by atoms with van der Waals surface area (Å²) in [4.78, 5) is 16.2. The Morgan fingerprint density at radius 2 is 1.72 bits per heavy atom. The fourth-order valence-electron chi connectivity index (χ4n) is 4.41. The summed E-state index contributed by atoms with van der Waals surface area (Å²) in [5.41, 5.74) is 6.02. The summed E-state index contributed by atoms with van der Waals surface area (Å²) in [5, 5.41) is 3.46. The molecule has 1 saturated heterocycles. The molecule has 4 heteroatoms. The molecule has 2 aromatic rings. The van der Waals surface area contributed by atoms with Gasteiger partial charge in [0.05, 0.1) is 0 Å². The lowest BCUT2D eigenvalue weighted by atomic mass is 9.63. The number of amides is 1. The van der Waals surface area contributed by atoms with Gasteiger partial charge >= 0.3 is 0 Å². The van der Waals surface area contributed by atoms with Crippen molar-refractivity contribution in [1.82, 2.24) is 4.90 Å². The second-order valence-corrected chi connectivity index (χ2v) is 7.91. The molecule has 2 fully saturated rings. The average Bonchev–Trinajstić information content (AvgIpc) is 2.80. The van der Waals surface area contributed by atoms with Gasteiger partial charge in [-0.1, -0.05) is 6.42 Å². The van der Waals surface area contributed by atoms with Gasteiger partial charge in [-0.2, -0.15) is 0 Å². The van der Waals surface area contributed by atoms with Crippen LogP contribution in [-0.2, 0) is 6.54 Å². The van der Waals surface area contributed by atoms with E-state index in [4.69, 9.17) is 0 Å². The minimum atomic E-state index is 0.115. The Morgan fingerprint density at radius 3 is 2.40 bits per heavy atom. The maximum absolute atomic E-state index is 12.0. The highest BCUT2D eigenvalue weighted by atomic mass is 16.2. The van der Waals surface area contributed by atoms with Crippen molar-refractivity contribution in [2.24, 2.45) is 5.41 Å². The smallest absolute Gasteiger partial charge is 0.254 e. The number of anilines is 3. The van der Waals surface area contributed by atoms with Crippen molar-refractivity contribution in [2.45, 2.75) is 25.8 Å². The van der Waals surface area contributed by atoms with E-state index in [0.29, 0.717) is 12.0 Å². The Morgan fingerprint density at radius 1 is 1.00 bits per heavy atom. The van der Waals surface area contributed by atoms with Crippen LogP contribution >= 0.6 is 0 Å². The van der Waals surface area contributed by atoms with Crippen LogP contribution in [0.25, 0.3) is 0 Å². The second-order valence-electron chi connectivity index (χ2n) is 7.91. The molecule has 4 nitrogen and oxygen atoms in total. The highest BCUT2D eigenvalue weighted by Crippen LogP contribution is 2.49. The van der Waals surface area contributed by atoms with E-state index in [1.807, 2.05) is 19.2 Å².